The number of rotatable bonds is 5. The van der Waals surface area contributed by atoms with Gasteiger partial charge >= 0.3 is 11.9 Å². The van der Waals surface area contributed by atoms with Crippen LogP contribution in [0.15, 0.2) is 24.3 Å². The Balaban J connectivity index is 3.51. The molecule has 1 atom stereocenters. The van der Waals surface area contributed by atoms with Crippen molar-refractivity contribution in [3.8, 4) is 0 Å². The summed E-state index contributed by atoms with van der Waals surface area (Å²) in [6.45, 7) is 4.57. The lowest BCUT2D eigenvalue weighted by Crippen LogP contribution is -2.18. The summed E-state index contributed by atoms with van der Waals surface area (Å²) in [5.41, 5.74) is -0.832. The molecule has 0 saturated heterocycles. The van der Waals surface area contributed by atoms with E-state index in [0.29, 0.717) is 0 Å². The molecule has 0 spiro atoms. The first-order valence-electron chi connectivity index (χ1n) is 5.77. The molecule has 0 aliphatic carbocycles. The minimum Gasteiger partial charge on any atom is -0.466 e. The van der Waals surface area contributed by atoms with Crippen LogP contribution >= 0.6 is 23.2 Å². The lowest BCUT2D eigenvalue weighted by molar-refractivity contribution is -0.384. The molecule has 0 radical (unpaired) electrons. The van der Waals surface area contributed by atoms with Crippen molar-refractivity contribution in [1.29, 1.82) is 0 Å². The van der Waals surface area contributed by atoms with E-state index in [2.05, 4.69) is 11.3 Å². The van der Waals surface area contributed by atoms with Crippen LogP contribution in [0.25, 0.3) is 0 Å². The third-order valence-corrected chi connectivity index (χ3v) is 3.34. The molecule has 0 bridgehead atoms. The quantitative estimate of drug-likeness (QED) is 0.351. The number of carbonyl (C=O) groups excluding carboxylic acids is 2. The molecule has 9 heteroatoms. The van der Waals surface area contributed by atoms with Crippen LogP contribution in [0.5, 0.6) is 0 Å². The maximum Gasteiger partial charge on any atom is 0.337 e. The second-order valence-electron chi connectivity index (χ2n) is 4.06. The van der Waals surface area contributed by atoms with E-state index in [4.69, 9.17) is 27.9 Å². The van der Waals surface area contributed by atoms with Crippen molar-refractivity contribution >= 4 is 40.8 Å². The van der Waals surface area contributed by atoms with Gasteiger partial charge in [0.25, 0.3) is 5.69 Å². The second-order valence-corrected chi connectivity index (χ2v) is 4.84. The van der Waals surface area contributed by atoms with Crippen LogP contribution in [0.3, 0.4) is 0 Å². The highest BCUT2D eigenvalue weighted by Crippen LogP contribution is 2.41. The van der Waals surface area contributed by atoms with Crippen molar-refractivity contribution in [1.82, 2.24) is 0 Å². The molecule has 0 heterocycles. The van der Waals surface area contributed by atoms with E-state index in [1.165, 1.54) is 6.07 Å². The Labute approximate surface area is 135 Å². The third-order valence-electron chi connectivity index (χ3n) is 2.61. The number of nitrogens with zero attached hydrogens (tertiary/aromatic N) is 1. The fourth-order valence-corrected chi connectivity index (χ4v) is 2.29. The number of hydrogen-bond donors (Lipinski definition) is 0. The minimum atomic E-state index is -1.40. The van der Waals surface area contributed by atoms with Gasteiger partial charge < -0.3 is 9.47 Å². The summed E-state index contributed by atoms with van der Waals surface area (Å²) in [4.78, 5) is 33.1. The lowest BCUT2D eigenvalue weighted by atomic mass is 10.0. The van der Waals surface area contributed by atoms with Crippen molar-refractivity contribution in [2.45, 2.75) is 13.0 Å². The Morgan fingerprint density at radius 2 is 1.95 bits per heavy atom. The van der Waals surface area contributed by atoms with Crippen LogP contribution in [0.1, 0.15) is 18.6 Å². The number of nitro groups is 1. The standard InChI is InChI=1S/C13H11Cl2NO6/c1-6(13(18)21-3)12(22-7(2)17)10-8(14)4-5-9(11(10)15)16(19)20/h4-5,12H,1H2,2-3H3. The van der Waals surface area contributed by atoms with Gasteiger partial charge in [0, 0.05) is 23.6 Å². The van der Waals surface area contributed by atoms with Crippen molar-refractivity contribution in [2.24, 2.45) is 0 Å². The summed E-state index contributed by atoms with van der Waals surface area (Å²) in [6, 6.07) is 2.31. The Morgan fingerprint density at radius 1 is 1.36 bits per heavy atom. The van der Waals surface area contributed by atoms with Crippen LogP contribution in [0.2, 0.25) is 10.0 Å². The van der Waals surface area contributed by atoms with E-state index in [9.17, 15) is 19.7 Å². The lowest BCUT2D eigenvalue weighted by Gasteiger charge is -2.20. The van der Waals surface area contributed by atoms with Gasteiger partial charge in [0.05, 0.1) is 17.6 Å². The van der Waals surface area contributed by atoms with Crippen molar-refractivity contribution < 1.29 is 24.0 Å². The molecule has 1 aromatic rings. The van der Waals surface area contributed by atoms with Crippen molar-refractivity contribution in [3.05, 3.63) is 50.0 Å². The molecular formula is C13H11Cl2NO6. The van der Waals surface area contributed by atoms with E-state index in [-0.39, 0.29) is 21.2 Å². The Kier molecular flexibility index (Phi) is 5.90. The topological polar surface area (TPSA) is 95.7 Å². The molecule has 1 unspecified atom stereocenters. The summed E-state index contributed by atoms with van der Waals surface area (Å²) in [5, 5.41) is 10.6. The van der Waals surface area contributed by atoms with Gasteiger partial charge in [0.1, 0.15) is 5.02 Å². The summed E-state index contributed by atoms with van der Waals surface area (Å²) in [7, 11) is 1.11. The first-order chi connectivity index (χ1) is 10.2. The highest BCUT2D eigenvalue weighted by molar-refractivity contribution is 6.37. The van der Waals surface area contributed by atoms with E-state index in [1.807, 2.05) is 0 Å². The molecule has 1 rings (SSSR count). The number of methoxy groups -OCH3 is 1. The first kappa shape index (κ1) is 17.9. The third kappa shape index (κ3) is 3.75. The zero-order chi connectivity index (χ0) is 17.0. The smallest absolute Gasteiger partial charge is 0.337 e. The molecule has 7 nitrogen and oxygen atoms in total. The van der Waals surface area contributed by atoms with E-state index >= 15 is 0 Å². The molecule has 118 valence electrons. The van der Waals surface area contributed by atoms with Crippen LogP contribution in [0, 0.1) is 10.1 Å². The minimum absolute atomic E-state index is 0.0214. The number of benzene rings is 1. The number of halogens is 2. The molecule has 1 aromatic carbocycles. The number of hydrogen-bond acceptors (Lipinski definition) is 6. The maximum absolute atomic E-state index is 11.6. The molecular weight excluding hydrogens is 337 g/mol. The normalized spacial score (nSPS) is 11.5. The fourth-order valence-electron chi connectivity index (χ4n) is 1.65. The van der Waals surface area contributed by atoms with Crippen LogP contribution in [-0.4, -0.2) is 24.0 Å². The SMILES string of the molecule is C=C(C(=O)OC)C(OC(C)=O)c1c(Cl)ccc([N+](=O)[O-])c1Cl. The van der Waals surface area contributed by atoms with Crippen LogP contribution < -0.4 is 0 Å². The Bertz CT molecular complexity index is 658. The zero-order valence-electron chi connectivity index (χ0n) is 11.6. The first-order valence-corrected chi connectivity index (χ1v) is 6.52. The zero-order valence-corrected chi connectivity index (χ0v) is 13.1. The van der Waals surface area contributed by atoms with Gasteiger partial charge in [0.2, 0.25) is 0 Å². The largest absolute Gasteiger partial charge is 0.466 e. The Hall–Kier alpha value is -2.12. The van der Waals surface area contributed by atoms with Crippen molar-refractivity contribution in [3.63, 3.8) is 0 Å². The highest BCUT2D eigenvalue weighted by atomic mass is 35.5. The molecule has 0 fully saturated rings. The van der Waals surface area contributed by atoms with Gasteiger partial charge in [-0.1, -0.05) is 29.8 Å². The van der Waals surface area contributed by atoms with Gasteiger partial charge in [-0.3, -0.25) is 14.9 Å². The summed E-state index contributed by atoms with van der Waals surface area (Å²) in [6.07, 6.45) is -1.40. The summed E-state index contributed by atoms with van der Waals surface area (Å²) in [5.74, 6) is -1.63. The summed E-state index contributed by atoms with van der Waals surface area (Å²) >= 11 is 12.0. The van der Waals surface area contributed by atoms with Crippen LogP contribution in [0.4, 0.5) is 5.69 Å². The molecule has 0 aliphatic rings. The average Bonchev–Trinajstić information content (AvgIpc) is 2.43. The molecule has 0 amide bonds. The fraction of sp³-hybridized carbons (Fsp3) is 0.231. The van der Waals surface area contributed by atoms with Gasteiger partial charge in [-0.15, -0.1) is 0 Å². The molecule has 0 aromatic heterocycles. The predicted molar refractivity (Wildman–Crippen MR) is 78.8 cm³/mol. The predicted octanol–water partition coefficient (Wildman–Crippen LogP) is 3.24. The maximum atomic E-state index is 11.6. The Morgan fingerprint density at radius 3 is 2.41 bits per heavy atom. The number of nitro benzene ring substituents is 1. The number of ether oxygens (including phenoxy) is 2. The van der Waals surface area contributed by atoms with E-state index in [1.54, 1.807) is 0 Å². The second kappa shape index (κ2) is 7.24. The van der Waals surface area contributed by atoms with Crippen LogP contribution in [-0.2, 0) is 19.1 Å². The van der Waals surface area contributed by atoms with Gasteiger partial charge in [0.15, 0.2) is 6.10 Å². The summed E-state index contributed by atoms with van der Waals surface area (Å²) < 4.78 is 9.49. The average molecular weight is 348 g/mol. The van der Waals surface area contributed by atoms with E-state index in [0.717, 1.165) is 20.1 Å². The number of carbonyl (C=O) groups is 2. The van der Waals surface area contributed by atoms with Gasteiger partial charge in [-0.25, -0.2) is 4.79 Å². The highest BCUT2D eigenvalue weighted by Gasteiger charge is 2.32. The van der Waals surface area contributed by atoms with Gasteiger partial charge in [-0.05, 0) is 6.07 Å². The van der Waals surface area contributed by atoms with E-state index < -0.39 is 28.7 Å². The number of esters is 2. The molecule has 0 N–H and O–H groups in total. The molecule has 0 saturated carbocycles. The molecule has 22 heavy (non-hydrogen) atoms. The van der Waals surface area contributed by atoms with Crippen molar-refractivity contribution in [2.75, 3.05) is 7.11 Å². The molecule has 0 aliphatic heterocycles. The van der Waals surface area contributed by atoms with Gasteiger partial charge in [-0.2, -0.15) is 0 Å². The monoisotopic (exact) mass is 347 g/mol.